The molecule has 4 N–H and O–H groups in total. The van der Waals surface area contributed by atoms with Crippen molar-refractivity contribution in [3.05, 3.63) is 64.4 Å². The lowest BCUT2D eigenvalue weighted by atomic mass is 10.0. The monoisotopic (exact) mass is 260 g/mol. The minimum absolute atomic E-state index is 0.0569. The third kappa shape index (κ3) is 2.52. The molecule has 0 spiro atoms. The molecule has 0 fully saturated rings. The van der Waals surface area contributed by atoms with Crippen LogP contribution < -0.4 is 11.6 Å². The van der Waals surface area contributed by atoms with Crippen LogP contribution in [0.15, 0.2) is 48.2 Å². The zero-order valence-corrected chi connectivity index (χ0v) is 11.0. The van der Waals surface area contributed by atoms with Gasteiger partial charge in [-0.05, 0) is 12.5 Å². The SMILES string of the molecule is Cc1ncsc1C(c1ccccc1)N(N)/C=C\N. The second-order valence-electron chi connectivity index (χ2n) is 3.90. The topological polar surface area (TPSA) is 68.2 Å². The van der Waals surface area contributed by atoms with Gasteiger partial charge in [-0.1, -0.05) is 30.3 Å². The van der Waals surface area contributed by atoms with Crippen LogP contribution in [0.1, 0.15) is 22.2 Å². The van der Waals surface area contributed by atoms with Crippen LogP contribution in [0.5, 0.6) is 0 Å². The molecule has 0 bridgehead atoms. The van der Waals surface area contributed by atoms with Crippen LogP contribution in [-0.2, 0) is 0 Å². The maximum atomic E-state index is 6.07. The van der Waals surface area contributed by atoms with E-state index in [1.54, 1.807) is 22.5 Å². The molecule has 5 heteroatoms. The average molecular weight is 260 g/mol. The summed E-state index contributed by atoms with van der Waals surface area (Å²) in [5, 5.41) is 1.61. The Balaban J connectivity index is 2.45. The van der Waals surface area contributed by atoms with Gasteiger partial charge < -0.3 is 10.7 Å². The van der Waals surface area contributed by atoms with Gasteiger partial charge in [0.15, 0.2) is 0 Å². The Kier molecular flexibility index (Phi) is 3.96. The molecule has 1 aromatic heterocycles. The van der Waals surface area contributed by atoms with Crippen LogP contribution in [0, 0.1) is 6.92 Å². The molecule has 0 saturated heterocycles. The lowest BCUT2D eigenvalue weighted by Gasteiger charge is -2.26. The normalized spacial score (nSPS) is 12.8. The van der Waals surface area contributed by atoms with Gasteiger partial charge in [0, 0.05) is 12.4 Å². The number of hydrazine groups is 1. The fourth-order valence-corrected chi connectivity index (χ4v) is 2.79. The number of nitrogens with zero attached hydrogens (tertiary/aromatic N) is 2. The predicted molar refractivity (Wildman–Crippen MR) is 74.5 cm³/mol. The van der Waals surface area contributed by atoms with E-state index in [1.165, 1.54) is 6.20 Å². The number of rotatable bonds is 4. The van der Waals surface area contributed by atoms with Crippen molar-refractivity contribution < 1.29 is 0 Å². The first kappa shape index (κ1) is 12.6. The highest BCUT2D eigenvalue weighted by atomic mass is 32.1. The molecule has 4 nitrogen and oxygen atoms in total. The van der Waals surface area contributed by atoms with E-state index in [2.05, 4.69) is 4.98 Å². The van der Waals surface area contributed by atoms with Crippen molar-refractivity contribution in [1.82, 2.24) is 9.99 Å². The van der Waals surface area contributed by atoms with Gasteiger partial charge in [0.05, 0.1) is 16.1 Å². The second kappa shape index (κ2) is 5.66. The molecule has 0 aliphatic rings. The Hall–Kier alpha value is -1.85. The van der Waals surface area contributed by atoms with Crippen molar-refractivity contribution in [1.29, 1.82) is 0 Å². The highest BCUT2D eigenvalue weighted by Crippen LogP contribution is 2.31. The van der Waals surface area contributed by atoms with Crippen molar-refractivity contribution in [2.75, 3.05) is 0 Å². The molecular weight excluding hydrogens is 244 g/mol. The van der Waals surface area contributed by atoms with Crippen molar-refractivity contribution in [2.24, 2.45) is 11.6 Å². The summed E-state index contributed by atoms with van der Waals surface area (Å²) in [4.78, 5) is 5.41. The molecule has 2 rings (SSSR count). The minimum Gasteiger partial charge on any atom is -0.403 e. The molecule has 1 aromatic carbocycles. The van der Waals surface area contributed by atoms with Gasteiger partial charge in [0.2, 0.25) is 0 Å². The first-order valence-corrected chi connectivity index (χ1v) is 6.48. The third-order valence-corrected chi connectivity index (χ3v) is 3.69. The maximum absolute atomic E-state index is 6.07. The van der Waals surface area contributed by atoms with Crippen molar-refractivity contribution in [3.63, 3.8) is 0 Å². The summed E-state index contributed by atoms with van der Waals surface area (Å²) >= 11 is 1.60. The molecule has 0 amide bonds. The van der Waals surface area contributed by atoms with Crippen LogP contribution in [0.2, 0.25) is 0 Å². The van der Waals surface area contributed by atoms with Gasteiger partial charge in [0.25, 0.3) is 0 Å². The summed E-state index contributed by atoms with van der Waals surface area (Å²) < 4.78 is 0. The van der Waals surface area contributed by atoms with Gasteiger partial charge >= 0.3 is 0 Å². The van der Waals surface area contributed by atoms with Crippen LogP contribution in [-0.4, -0.2) is 9.99 Å². The van der Waals surface area contributed by atoms with Crippen molar-refractivity contribution >= 4 is 11.3 Å². The molecule has 94 valence electrons. The van der Waals surface area contributed by atoms with E-state index in [0.29, 0.717) is 0 Å². The van der Waals surface area contributed by atoms with Gasteiger partial charge in [-0.25, -0.2) is 10.8 Å². The molecule has 2 aromatic rings. The van der Waals surface area contributed by atoms with E-state index >= 15 is 0 Å². The third-order valence-electron chi connectivity index (χ3n) is 2.70. The highest BCUT2D eigenvalue weighted by molar-refractivity contribution is 7.09. The van der Waals surface area contributed by atoms with Crippen LogP contribution >= 0.6 is 11.3 Å². The second-order valence-corrected chi connectivity index (χ2v) is 4.79. The molecule has 1 unspecified atom stereocenters. The fourth-order valence-electron chi connectivity index (χ4n) is 1.85. The molecular formula is C13H16N4S. The fraction of sp³-hybridized carbons (Fsp3) is 0.154. The number of hydrogen-bond donors (Lipinski definition) is 2. The molecule has 1 atom stereocenters. The highest BCUT2D eigenvalue weighted by Gasteiger charge is 2.21. The molecule has 0 radical (unpaired) electrons. The smallest absolute Gasteiger partial charge is 0.106 e. The number of aryl methyl sites for hydroxylation is 1. The molecule has 1 heterocycles. The average Bonchev–Trinajstić information content (AvgIpc) is 2.78. The number of hydrogen-bond acceptors (Lipinski definition) is 5. The summed E-state index contributed by atoms with van der Waals surface area (Å²) in [7, 11) is 0. The minimum atomic E-state index is -0.0569. The molecule has 0 aliphatic heterocycles. The number of aromatic nitrogens is 1. The Labute approximate surface area is 111 Å². The van der Waals surface area contributed by atoms with E-state index in [1.807, 2.05) is 42.8 Å². The van der Waals surface area contributed by atoms with E-state index in [-0.39, 0.29) is 6.04 Å². The Morgan fingerprint density at radius 3 is 2.61 bits per heavy atom. The molecule has 18 heavy (non-hydrogen) atoms. The Bertz CT molecular complexity index is 521. The summed E-state index contributed by atoms with van der Waals surface area (Å²) in [6.45, 7) is 1.99. The van der Waals surface area contributed by atoms with Gasteiger partial charge in [-0.3, -0.25) is 0 Å². The van der Waals surface area contributed by atoms with Crippen LogP contribution in [0.25, 0.3) is 0 Å². The van der Waals surface area contributed by atoms with Gasteiger partial charge in [-0.15, -0.1) is 11.3 Å². The Morgan fingerprint density at radius 1 is 1.33 bits per heavy atom. The van der Waals surface area contributed by atoms with Crippen LogP contribution in [0.3, 0.4) is 0 Å². The van der Waals surface area contributed by atoms with E-state index in [0.717, 1.165) is 16.1 Å². The lowest BCUT2D eigenvalue weighted by molar-refractivity contribution is 0.331. The van der Waals surface area contributed by atoms with Crippen molar-refractivity contribution in [3.8, 4) is 0 Å². The van der Waals surface area contributed by atoms with E-state index in [4.69, 9.17) is 11.6 Å². The largest absolute Gasteiger partial charge is 0.403 e. The zero-order valence-electron chi connectivity index (χ0n) is 10.2. The number of nitrogens with two attached hydrogens (primary N) is 2. The lowest BCUT2D eigenvalue weighted by Crippen LogP contribution is -2.31. The van der Waals surface area contributed by atoms with Gasteiger partial charge in [0.1, 0.15) is 6.04 Å². The number of benzene rings is 1. The zero-order chi connectivity index (χ0) is 13.0. The number of thiazole rings is 1. The summed E-state index contributed by atoms with van der Waals surface area (Å²) in [5.41, 5.74) is 9.37. The quantitative estimate of drug-likeness (QED) is 0.653. The summed E-state index contributed by atoms with van der Waals surface area (Å²) in [6, 6.07) is 10.0. The molecule has 0 saturated carbocycles. The Morgan fingerprint density at radius 2 is 2.06 bits per heavy atom. The predicted octanol–water partition coefficient (Wildman–Crippen LogP) is 2.15. The van der Waals surface area contributed by atoms with Gasteiger partial charge in [-0.2, -0.15) is 0 Å². The molecule has 0 aliphatic carbocycles. The standard InChI is InChI=1S/C13H16N4S/c1-10-13(18-9-16-10)12(17(15)8-7-14)11-5-3-2-4-6-11/h2-9,12H,14-15H2,1H3/b8-7-. The summed E-state index contributed by atoms with van der Waals surface area (Å²) in [6.07, 6.45) is 3.10. The summed E-state index contributed by atoms with van der Waals surface area (Å²) in [5.74, 6) is 6.07. The van der Waals surface area contributed by atoms with Crippen LogP contribution in [0.4, 0.5) is 0 Å². The van der Waals surface area contributed by atoms with E-state index in [9.17, 15) is 0 Å². The van der Waals surface area contributed by atoms with Crippen molar-refractivity contribution in [2.45, 2.75) is 13.0 Å². The first-order valence-electron chi connectivity index (χ1n) is 5.60. The maximum Gasteiger partial charge on any atom is 0.106 e. The van der Waals surface area contributed by atoms with E-state index < -0.39 is 0 Å². The first-order chi connectivity index (χ1) is 8.74.